The fourth-order valence-corrected chi connectivity index (χ4v) is 2.85. The molecule has 2 rings (SSSR count). The first-order chi connectivity index (χ1) is 10.8. The maximum Gasteiger partial charge on any atom is 0.416 e. The van der Waals surface area contributed by atoms with Crippen LogP contribution < -0.4 is 0 Å². The lowest BCUT2D eigenvalue weighted by molar-refractivity contribution is -0.139. The van der Waals surface area contributed by atoms with Crippen LogP contribution in [0.1, 0.15) is 17.2 Å². The number of benzene rings is 1. The number of nitrogens with zero attached hydrogens (tertiary/aromatic N) is 2. The molecular weight excluding hydrogens is 309 g/mol. The zero-order chi connectivity index (χ0) is 17.0. The molecule has 2 atom stereocenters. The van der Waals surface area contributed by atoms with Crippen LogP contribution in [-0.2, 0) is 10.9 Å². The van der Waals surface area contributed by atoms with Gasteiger partial charge in [0.2, 0.25) is 0 Å². The van der Waals surface area contributed by atoms with Gasteiger partial charge in [0, 0.05) is 26.2 Å². The third kappa shape index (κ3) is 5.17. The summed E-state index contributed by atoms with van der Waals surface area (Å²) in [5.74, 6) is 0. The van der Waals surface area contributed by atoms with E-state index in [9.17, 15) is 18.3 Å². The molecule has 1 fully saturated rings. The highest BCUT2D eigenvalue weighted by Crippen LogP contribution is 2.34. The quantitative estimate of drug-likeness (QED) is 0.895. The average Bonchev–Trinajstić information content (AvgIpc) is 2.46. The number of ether oxygens (including phenoxy) is 1. The molecule has 1 heterocycles. The zero-order valence-electron chi connectivity index (χ0n) is 13.4. The summed E-state index contributed by atoms with van der Waals surface area (Å²) in [6, 6.07) is 5.20. The molecule has 1 N–H and O–H groups in total. The first-order valence-electron chi connectivity index (χ1n) is 7.60. The lowest BCUT2D eigenvalue weighted by Gasteiger charge is -2.35. The molecule has 0 amide bonds. The maximum atomic E-state index is 13.0. The molecule has 7 heteroatoms. The van der Waals surface area contributed by atoms with E-state index in [0.29, 0.717) is 19.7 Å². The van der Waals surface area contributed by atoms with Gasteiger partial charge in [0.25, 0.3) is 0 Å². The SMILES string of the molecule is CN(C)C[C@H]1CN(C[C@@H](O)c2ccccc2C(F)(F)F)CCO1. The average molecular weight is 332 g/mol. The minimum absolute atomic E-state index is 0.00353. The summed E-state index contributed by atoms with van der Waals surface area (Å²) in [5, 5.41) is 10.3. The van der Waals surface area contributed by atoms with E-state index in [0.717, 1.165) is 12.6 Å². The lowest BCUT2D eigenvalue weighted by atomic mass is 10.0. The van der Waals surface area contributed by atoms with Crippen molar-refractivity contribution in [2.24, 2.45) is 0 Å². The maximum absolute atomic E-state index is 13.0. The van der Waals surface area contributed by atoms with Crippen molar-refractivity contribution in [1.29, 1.82) is 0 Å². The van der Waals surface area contributed by atoms with E-state index in [1.807, 2.05) is 23.9 Å². The minimum atomic E-state index is -4.46. The minimum Gasteiger partial charge on any atom is -0.387 e. The largest absolute Gasteiger partial charge is 0.416 e. The van der Waals surface area contributed by atoms with Gasteiger partial charge in [-0.25, -0.2) is 0 Å². The van der Waals surface area contributed by atoms with Crippen molar-refractivity contribution in [3.8, 4) is 0 Å². The topological polar surface area (TPSA) is 35.9 Å². The number of halogens is 3. The van der Waals surface area contributed by atoms with E-state index < -0.39 is 17.8 Å². The second-order valence-electron chi connectivity index (χ2n) is 6.12. The Kier molecular flexibility index (Phi) is 6.02. The highest BCUT2D eigenvalue weighted by Gasteiger charge is 2.35. The molecule has 1 saturated heterocycles. The normalized spacial score (nSPS) is 21.6. The molecule has 0 aliphatic carbocycles. The molecule has 1 aliphatic heterocycles. The van der Waals surface area contributed by atoms with Crippen LogP contribution in [0.25, 0.3) is 0 Å². The number of rotatable bonds is 5. The number of morpholine rings is 1. The first kappa shape index (κ1) is 18.2. The van der Waals surface area contributed by atoms with Gasteiger partial charge in [0.15, 0.2) is 0 Å². The molecule has 0 radical (unpaired) electrons. The molecule has 0 aromatic heterocycles. The molecular formula is C16H23F3N2O2. The van der Waals surface area contributed by atoms with Gasteiger partial charge in [-0.3, -0.25) is 4.90 Å². The molecule has 1 aromatic rings. The molecule has 0 unspecified atom stereocenters. The molecule has 0 spiro atoms. The third-order valence-electron chi connectivity index (χ3n) is 3.85. The Hall–Kier alpha value is -1.15. The van der Waals surface area contributed by atoms with E-state index in [1.165, 1.54) is 18.2 Å². The van der Waals surface area contributed by atoms with Crippen LogP contribution in [0.5, 0.6) is 0 Å². The second kappa shape index (κ2) is 7.61. The Balaban J connectivity index is 2.03. The summed E-state index contributed by atoms with van der Waals surface area (Å²) < 4.78 is 44.8. The van der Waals surface area contributed by atoms with Crippen LogP contribution in [0.3, 0.4) is 0 Å². The van der Waals surface area contributed by atoms with Gasteiger partial charge in [-0.2, -0.15) is 13.2 Å². The molecule has 0 bridgehead atoms. The molecule has 23 heavy (non-hydrogen) atoms. The Labute approximate surface area is 134 Å². The van der Waals surface area contributed by atoms with Crippen LogP contribution in [0.4, 0.5) is 13.2 Å². The number of hydrogen-bond acceptors (Lipinski definition) is 4. The summed E-state index contributed by atoms with van der Waals surface area (Å²) in [6.07, 6.45) is -5.63. The Bertz CT molecular complexity index is 508. The Morgan fingerprint density at radius 2 is 2.04 bits per heavy atom. The van der Waals surface area contributed by atoms with E-state index in [4.69, 9.17) is 4.74 Å². The molecule has 1 aliphatic rings. The Morgan fingerprint density at radius 1 is 1.35 bits per heavy atom. The van der Waals surface area contributed by atoms with Gasteiger partial charge >= 0.3 is 6.18 Å². The summed E-state index contributed by atoms with van der Waals surface area (Å²) in [4.78, 5) is 3.96. The molecule has 4 nitrogen and oxygen atoms in total. The predicted molar refractivity (Wildman–Crippen MR) is 81.1 cm³/mol. The number of β-amino-alcohol motifs (C(OH)–C–C–N with tert-alkyl or cyclic N) is 1. The highest BCUT2D eigenvalue weighted by molar-refractivity contribution is 5.31. The highest BCUT2D eigenvalue weighted by atomic mass is 19.4. The number of hydrogen-bond donors (Lipinski definition) is 1. The van der Waals surface area contributed by atoms with Crippen LogP contribution >= 0.6 is 0 Å². The number of aliphatic hydroxyl groups excluding tert-OH is 1. The van der Waals surface area contributed by atoms with Gasteiger partial charge in [-0.05, 0) is 25.7 Å². The summed E-state index contributed by atoms with van der Waals surface area (Å²) >= 11 is 0. The van der Waals surface area contributed by atoms with Crippen molar-refractivity contribution >= 4 is 0 Å². The third-order valence-corrected chi connectivity index (χ3v) is 3.85. The lowest BCUT2D eigenvalue weighted by Crippen LogP contribution is -2.47. The molecule has 130 valence electrons. The summed E-state index contributed by atoms with van der Waals surface area (Å²) in [7, 11) is 3.88. The van der Waals surface area contributed by atoms with Crippen molar-refractivity contribution in [1.82, 2.24) is 9.80 Å². The predicted octanol–water partition coefficient (Wildman–Crippen LogP) is 2.00. The van der Waals surface area contributed by atoms with E-state index in [-0.39, 0.29) is 18.2 Å². The van der Waals surface area contributed by atoms with Crippen molar-refractivity contribution in [2.75, 3.05) is 46.9 Å². The molecule has 1 aromatic carbocycles. The number of likely N-dealkylation sites (N-methyl/N-ethyl adjacent to an activating group) is 1. The fourth-order valence-electron chi connectivity index (χ4n) is 2.85. The summed E-state index contributed by atoms with van der Waals surface area (Å²) in [5.41, 5.74) is -0.846. The van der Waals surface area contributed by atoms with Crippen molar-refractivity contribution in [3.63, 3.8) is 0 Å². The van der Waals surface area contributed by atoms with Gasteiger partial charge in [0.05, 0.1) is 24.4 Å². The van der Waals surface area contributed by atoms with Crippen LogP contribution in [0.15, 0.2) is 24.3 Å². The monoisotopic (exact) mass is 332 g/mol. The number of aliphatic hydroxyl groups is 1. The van der Waals surface area contributed by atoms with Crippen LogP contribution in [0, 0.1) is 0 Å². The van der Waals surface area contributed by atoms with Crippen LogP contribution in [0.2, 0.25) is 0 Å². The smallest absolute Gasteiger partial charge is 0.387 e. The molecule has 0 saturated carbocycles. The Morgan fingerprint density at radius 3 is 2.70 bits per heavy atom. The standard InChI is InChI=1S/C16H23F3N2O2/c1-20(2)9-12-10-21(7-8-23-12)11-15(22)13-5-3-4-6-14(13)16(17,18)19/h3-6,12,15,22H,7-11H2,1-2H3/t12-,15+/m0/s1. The van der Waals surface area contributed by atoms with E-state index >= 15 is 0 Å². The van der Waals surface area contributed by atoms with Crippen molar-refractivity contribution in [2.45, 2.75) is 18.4 Å². The first-order valence-corrected chi connectivity index (χ1v) is 7.60. The van der Waals surface area contributed by atoms with Gasteiger partial charge in [0.1, 0.15) is 0 Å². The van der Waals surface area contributed by atoms with E-state index in [1.54, 1.807) is 0 Å². The number of alkyl halides is 3. The van der Waals surface area contributed by atoms with Gasteiger partial charge in [-0.1, -0.05) is 18.2 Å². The van der Waals surface area contributed by atoms with Gasteiger partial charge < -0.3 is 14.7 Å². The zero-order valence-corrected chi connectivity index (χ0v) is 13.4. The van der Waals surface area contributed by atoms with Crippen molar-refractivity contribution in [3.05, 3.63) is 35.4 Å². The second-order valence-corrected chi connectivity index (χ2v) is 6.12. The van der Waals surface area contributed by atoms with Crippen molar-refractivity contribution < 1.29 is 23.0 Å². The fraction of sp³-hybridized carbons (Fsp3) is 0.625. The van der Waals surface area contributed by atoms with Gasteiger partial charge in [-0.15, -0.1) is 0 Å². The summed E-state index contributed by atoms with van der Waals surface area (Å²) in [6.45, 7) is 2.64. The van der Waals surface area contributed by atoms with E-state index in [2.05, 4.69) is 0 Å². The van der Waals surface area contributed by atoms with Crippen LogP contribution in [-0.4, -0.2) is 67.9 Å².